The first-order valence-electron chi connectivity index (χ1n) is 10.8. The predicted octanol–water partition coefficient (Wildman–Crippen LogP) is 3.99. The maximum absolute atomic E-state index is 13.0. The molecule has 0 N–H and O–H groups in total. The van der Waals surface area contributed by atoms with Crippen molar-refractivity contribution in [3.05, 3.63) is 40.9 Å². The molecular formula is C23H30N4O2S. The van der Waals surface area contributed by atoms with Crippen LogP contribution in [0.15, 0.2) is 29.6 Å². The van der Waals surface area contributed by atoms with Crippen molar-refractivity contribution in [2.45, 2.75) is 58.5 Å². The van der Waals surface area contributed by atoms with Crippen molar-refractivity contribution in [2.75, 3.05) is 29.4 Å². The molecule has 1 saturated heterocycles. The van der Waals surface area contributed by atoms with Crippen molar-refractivity contribution < 1.29 is 9.59 Å². The van der Waals surface area contributed by atoms with Crippen LogP contribution in [0.1, 0.15) is 50.3 Å². The van der Waals surface area contributed by atoms with Gasteiger partial charge in [-0.2, -0.15) is 0 Å². The van der Waals surface area contributed by atoms with E-state index in [9.17, 15) is 9.59 Å². The van der Waals surface area contributed by atoms with Gasteiger partial charge in [-0.25, -0.2) is 4.98 Å². The minimum absolute atomic E-state index is 0.0501. The second kappa shape index (κ2) is 9.16. The third-order valence-corrected chi connectivity index (χ3v) is 6.67. The smallest absolute Gasteiger partial charge is 0.242 e. The second-order valence-electron chi connectivity index (χ2n) is 8.37. The molecule has 2 amide bonds. The number of thiazole rings is 1. The molecule has 2 aliphatic rings. The van der Waals surface area contributed by atoms with Gasteiger partial charge in [0.05, 0.1) is 18.8 Å². The highest BCUT2D eigenvalue weighted by molar-refractivity contribution is 7.14. The minimum atomic E-state index is 0.0501. The average Bonchev–Trinajstić information content (AvgIpc) is 3.46. The van der Waals surface area contributed by atoms with Gasteiger partial charge in [0.2, 0.25) is 11.8 Å². The summed E-state index contributed by atoms with van der Waals surface area (Å²) in [6.07, 6.45) is 5.49. The van der Waals surface area contributed by atoms with E-state index in [1.165, 1.54) is 23.3 Å². The molecule has 2 heterocycles. The van der Waals surface area contributed by atoms with Crippen molar-refractivity contribution in [1.82, 2.24) is 9.88 Å². The lowest BCUT2D eigenvalue weighted by molar-refractivity contribution is -0.130. The minimum Gasteiger partial charge on any atom is -0.356 e. The van der Waals surface area contributed by atoms with Gasteiger partial charge in [0.25, 0.3) is 0 Å². The van der Waals surface area contributed by atoms with Crippen LogP contribution in [0, 0.1) is 6.92 Å². The first kappa shape index (κ1) is 20.8. The lowest BCUT2D eigenvalue weighted by Gasteiger charge is -2.31. The molecule has 1 aliphatic heterocycles. The molecule has 1 aromatic carbocycles. The first-order valence-corrected chi connectivity index (χ1v) is 11.7. The number of aromatic nitrogens is 1. The van der Waals surface area contributed by atoms with E-state index in [2.05, 4.69) is 36.1 Å². The summed E-state index contributed by atoms with van der Waals surface area (Å²) in [7, 11) is 0. The molecule has 2 aromatic rings. The number of benzene rings is 1. The van der Waals surface area contributed by atoms with E-state index in [1.807, 2.05) is 15.2 Å². The van der Waals surface area contributed by atoms with Crippen LogP contribution in [0.25, 0.3) is 0 Å². The fraction of sp³-hybridized carbons (Fsp3) is 0.522. The molecule has 0 spiro atoms. The number of nitrogens with zero attached hydrogens (tertiary/aromatic N) is 4. The Hall–Kier alpha value is -2.41. The summed E-state index contributed by atoms with van der Waals surface area (Å²) in [5.74, 6) is 0.225. The lowest BCUT2D eigenvalue weighted by atomic mass is 10.1. The summed E-state index contributed by atoms with van der Waals surface area (Å²) in [6, 6.07) is 8.58. The highest BCUT2D eigenvalue weighted by Crippen LogP contribution is 2.34. The Labute approximate surface area is 182 Å². The summed E-state index contributed by atoms with van der Waals surface area (Å²) < 4.78 is 0. The van der Waals surface area contributed by atoms with Crippen molar-refractivity contribution in [2.24, 2.45) is 0 Å². The molecule has 30 heavy (non-hydrogen) atoms. The Kier molecular flexibility index (Phi) is 6.37. The number of carbonyl (C=O) groups excluding carboxylic acids is 2. The van der Waals surface area contributed by atoms with Gasteiger partial charge in [-0.15, -0.1) is 11.3 Å². The van der Waals surface area contributed by atoms with Crippen molar-refractivity contribution in [3.63, 3.8) is 0 Å². The van der Waals surface area contributed by atoms with E-state index >= 15 is 0 Å². The topological polar surface area (TPSA) is 56.8 Å². The van der Waals surface area contributed by atoms with E-state index in [0.717, 1.165) is 55.3 Å². The Morgan fingerprint density at radius 3 is 2.47 bits per heavy atom. The normalized spacial score (nSPS) is 16.4. The largest absolute Gasteiger partial charge is 0.356 e. The highest BCUT2D eigenvalue weighted by Gasteiger charge is 2.33. The molecule has 6 nitrogen and oxygen atoms in total. The van der Waals surface area contributed by atoms with Gasteiger partial charge < -0.3 is 9.80 Å². The van der Waals surface area contributed by atoms with Crippen LogP contribution in [0.3, 0.4) is 0 Å². The fourth-order valence-corrected chi connectivity index (χ4v) is 4.89. The molecular weight excluding hydrogens is 396 g/mol. The van der Waals surface area contributed by atoms with Gasteiger partial charge >= 0.3 is 0 Å². The maximum atomic E-state index is 13.0. The SMILES string of the molecule is CC(=O)N(c1nc(CN(CC(=O)N2CCCCC2)c2ccc(C)cc2)cs1)C1CC1. The quantitative estimate of drug-likeness (QED) is 0.672. The zero-order valence-electron chi connectivity index (χ0n) is 17.8. The number of piperidine rings is 1. The number of amides is 2. The third-order valence-electron chi connectivity index (χ3n) is 5.78. The molecule has 0 radical (unpaired) electrons. The number of anilines is 2. The van der Waals surface area contributed by atoms with E-state index in [4.69, 9.17) is 4.98 Å². The van der Waals surface area contributed by atoms with E-state index in [-0.39, 0.29) is 11.8 Å². The molecule has 4 rings (SSSR count). The molecule has 7 heteroatoms. The van der Waals surface area contributed by atoms with Gasteiger partial charge in [0, 0.05) is 37.1 Å². The van der Waals surface area contributed by atoms with Crippen molar-refractivity contribution in [3.8, 4) is 0 Å². The van der Waals surface area contributed by atoms with Gasteiger partial charge in [-0.1, -0.05) is 17.7 Å². The number of likely N-dealkylation sites (tertiary alicyclic amines) is 1. The summed E-state index contributed by atoms with van der Waals surface area (Å²) in [4.78, 5) is 35.7. The van der Waals surface area contributed by atoms with Crippen LogP contribution in [0.5, 0.6) is 0 Å². The van der Waals surface area contributed by atoms with Crippen LogP contribution < -0.4 is 9.80 Å². The lowest BCUT2D eigenvalue weighted by Crippen LogP contribution is -2.42. The average molecular weight is 427 g/mol. The van der Waals surface area contributed by atoms with E-state index in [1.54, 1.807) is 6.92 Å². The Balaban J connectivity index is 1.51. The van der Waals surface area contributed by atoms with Crippen LogP contribution in [-0.4, -0.2) is 47.4 Å². The molecule has 2 fully saturated rings. The molecule has 0 atom stereocenters. The summed E-state index contributed by atoms with van der Waals surface area (Å²) >= 11 is 1.51. The summed E-state index contributed by atoms with van der Waals surface area (Å²) in [5, 5.41) is 2.78. The number of rotatable bonds is 7. The van der Waals surface area contributed by atoms with Gasteiger partial charge in [-0.3, -0.25) is 14.5 Å². The standard InChI is InChI=1S/C23H30N4O2S/c1-17-6-8-20(9-7-17)26(15-22(29)25-12-4-3-5-13-25)14-19-16-30-23(24-19)27(18(2)28)21-10-11-21/h6-9,16,21H,3-5,10-15H2,1-2H3. The number of carbonyl (C=O) groups is 2. The monoisotopic (exact) mass is 426 g/mol. The molecule has 0 unspecified atom stereocenters. The third kappa shape index (κ3) is 5.01. The fourth-order valence-electron chi connectivity index (χ4n) is 3.96. The number of hydrogen-bond donors (Lipinski definition) is 0. The van der Waals surface area contributed by atoms with Crippen molar-refractivity contribution >= 4 is 34.0 Å². The van der Waals surface area contributed by atoms with Crippen LogP contribution >= 0.6 is 11.3 Å². The molecule has 1 aliphatic carbocycles. The predicted molar refractivity (Wildman–Crippen MR) is 121 cm³/mol. The zero-order valence-corrected chi connectivity index (χ0v) is 18.7. The van der Waals surface area contributed by atoms with Crippen LogP contribution in [-0.2, 0) is 16.1 Å². The maximum Gasteiger partial charge on any atom is 0.242 e. The van der Waals surface area contributed by atoms with Gasteiger partial charge in [-0.05, 0) is 51.2 Å². The zero-order chi connectivity index (χ0) is 21.1. The van der Waals surface area contributed by atoms with Gasteiger partial charge in [0.15, 0.2) is 5.13 Å². The van der Waals surface area contributed by atoms with Crippen molar-refractivity contribution in [1.29, 1.82) is 0 Å². The molecule has 160 valence electrons. The molecule has 1 saturated carbocycles. The molecule has 0 bridgehead atoms. The Morgan fingerprint density at radius 2 is 1.83 bits per heavy atom. The van der Waals surface area contributed by atoms with E-state index < -0.39 is 0 Å². The second-order valence-corrected chi connectivity index (χ2v) is 9.21. The van der Waals surface area contributed by atoms with Crippen LogP contribution in [0.4, 0.5) is 10.8 Å². The molecule has 1 aromatic heterocycles. The number of aryl methyl sites for hydroxylation is 1. The summed E-state index contributed by atoms with van der Waals surface area (Å²) in [6.45, 7) is 6.28. The Morgan fingerprint density at radius 1 is 1.13 bits per heavy atom. The first-order chi connectivity index (χ1) is 14.5. The number of hydrogen-bond acceptors (Lipinski definition) is 5. The Bertz CT molecular complexity index is 885. The highest BCUT2D eigenvalue weighted by atomic mass is 32.1. The van der Waals surface area contributed by atoms with Crippen LogP contribution in [0.2, 0.25) is 0 Å². The van der Waals surface area contributed by atoms with E-state index in [0.29, 0.717) is 19.1 Å². The van der Waals surface area contributed by atoms with Gasteiger partial charge in [0.1, 0.15) is 0 Å². The summed E-state index contributed by atoms with van der Waals surface area (Å²) in [5.41, 5.74) is 3.11.